The Bertz CT molecular complexity index is 593. The number of aryl methyl sites for hydroxylation is 1. The molecule has 1 aromatic rings. The van der Waals surface area contributed by atoms with Gasteiger partial charge in [0, 0.05) is 45.6 Å². The molecule has 6 nitrogen and oxygen atoms in total. The van der Waals surface area contributed by atoms with Crippen molar-refractivity contribution in [3.8, 4) is 0 Å². The molecule has 2 saturated heterocycles. The van der Waals surface area contributed by atoms with E-state index in [1.54, 1.807) is 0 Å². The summed E-state index contributed by atoms with van der Waals surface area (Å²) in [5, 5.41) is 0. The van der Waals surface area contributed by atoms with Crippen molar-refractivity contribution in [2.24, 2.45) is 7.05 Å². The molecule has 3 heterocycles. The predicted octanol–water partition coefficient (Wildman–Crippen LogP) is 1.47. The Hall–Kier alpha value is -1.40. The molecule has 25 heavy (non-hydrogen) atoms. The van der Waals surface area contributed by atoms with Crippen LogP contribution in [0.25, 0.3) is 0 Å². The number of aromatic nitrogens is 2. The minimum absolute atomic E-state index is 0.168. The molecular formula is C19H31N5O. The van der Waals surface area contributed by atoms with Gasteiger partial charge in [-0.3, -0.25) is 14.6 Å². The summed E-state index contributed by atoms with van der Waals surface area (Å²) in [6.45, 7) is 6.74. The number of rotatable bonds is 4. The number of nitrogens with zero attached hydrogens (tertiary/aromatic N) is 5. The smallest absolute Gasteiger partial charge is 0.243 e. The first kappa shape index (κ1) is 17.0. The van der Waals surface area contributed by atoms with Crippen molar-refractivity contribution < 1.29 is 4.79 Å². The maximum atomic E-state index is 13.4. The van der Waals surface area contributed by atoms with E-state index in [-0.39, 0.29) is 5.54 Å². The molecule has 4 rings (SSSR count). The lowest BCUT2D eigenvalue weighted by Gasteiger charge is -2.43. The molecule has 138 valence electrons. The average Bonchev–Trinajstić information content (AvgIpc) is 3.37. The molecule has 1 aromatic heterocycles. The minimum atomic E-state index is -0.168. The van der Waals surface area contributed by atoms with E-state index in [4.69, 9.17) is 0 Å². The van der Waals surface area contributed by atoms with Crippen molar-refractivity contribution in [1.82, 2.24) is 24.3 Å². The van der Waals surface area contributed by atoms with Crippen LogP contribution in [0.3, 0.4) is 0 Å². The van der Waals surface area contributed by atoms with Crippen LogP contribution in [-0.4, -0.2) is 75.0 Å². The summed E-state index contributed by atoms with van der Waals surface area (Å²) in [5.41, 5.74) is -0.168. The van der Waals surface area contributed by atoms with Gasteiger partial charge < -0.3 is 9.47 Å². The summed E-state index contributed by atoms with van der Waals surface area (Å²) >= 11 is 0. The lowest BCUT2D eigenvalue weighted by atomic mass is 9.93. The van der Waals surface area contributed by atoms with Crippen LogP contribution in [0.4, 0.5) is 0 Å². The second-order valence-electron chi connectivity index (χ2n) is 7.96. The SMILES string of the molecule is Cn1ccnc1CN1CCN(C(=O)C2(N3CCCC3)CCCC2)CC1. The Balaban J connectivity index is 1.38. The van der Waals surface area contributed by atoms with Gasteiger partial charge in [-0.1, -0.05) is 12.8 Å². The third-order valence-electron chi connectivity index (χ3n) is 6.49. The maximum Gasteiger partial charge on any atom is 0.243 e. The monoisotopic (exact) mass is 345 g/mol. The van der Waals surface area contributed by atoms with Crippen molar-refractivity contribution in [2.45, 2.75) is 50.6 Å². The summed E-state index contributed by atoms with van der Waals surface area (Å²) < 4.78 is 2.08. The number of imidazole rings is 1. The number of hydrogen-bond acceptors (Lipinski definition) is 4. The van der Waals surface area contributed by atoms with Gasteiger partial charge in [-0.15, -0.1) is 0 Å². The molecule has 3 aliphatic rings. The van der Waals surface area contributed by atoms with Gasteiger partial charge in [0.1, 0.15) is 11.4 Å². The van der Waals surface area contributed by atoms with Gasteiger partial charge in [0.2, 0.25) is 5.91 Å². The van der Waals surface area contributed by atoms with Gasteiger partial charge in [0.25, 0.3) is 0 Å². The van der Waals surface area contributed by atoms with Crippen molar-refractivity contribution in [1.29, 1.82) is 0 Å². The summed E-state index contributed by atoms with van der Waals surface area (Å²) in [7, 11) is 2.04. The molecule has 0 bridgehead atoms. The van der Waals surface area contributed by atoms with Gasteiger partial charge in [-0.25, -0.2) is 4.98 Å². The Labute approximate surface area is 150 Å². The third kappa shape index (κ3) is 3.22. The summed E-state index contributed by atoms with van der Waals surface area (Å²) in [4.78, 5) is 24.9. The van der Waals surface area contributed by atoms with Crippen molar-refractivity contribution in [3.05, 3.63) is 18.2 Å². The lowest BCUT2D eigenvalue weighted by Crippen LogP contribution is -2.60. The first-order valence-electron chi connectivity index (χ1n) is 9.92. The Morgan fingerprint density at radius 2 is 1.72 bits per heavy atom. The van der Waals surface area contributed by atoms with Crippen molar-refractivity contribution in [3.63, 3.8) is 0 Å². The minimum Gasteiger partial charge on any atom is -0.339 e. The highest BCUT2D eigenvalue weighted by molar-refractivity contribution is 5.87. The molecule has 2 aliphatic heterocycles. The molecule has 0 N–H and O–H groups in total. The van der Waals surface area contributed by atoms with E-state index in [9.17, 15) is 4.79 Å². The first-order chi connectivity index (χ1) is 12.2. The molecule has 0 radical (unpaired) electrons. The van der Waals surface area contributed by atoms with Crippen LogP contribution in [0.5, 0.6) is 0 Å². The Morgan fingerprint density at radius 3 is 2.32 bits per heavy atom. The van der Waals surface area contributed by atoms with E-state index in [0.29, 0.717) is 5.91 Å². The van der Waals surface area contributed by atoms with Gasteiger partial charge in [0.15, 0.2) is 0 Å². The van der Waals surface area contributed by atoms with Gasteiger partial charge in [-0.2, -0.15) is 0 Å². The summed E-state index contributed by atoms with van der Waals surface area (Å²) in [5.74, 6) is 1.52. The van der Waals surface area contributed by atoms with E-state index in [1.165, 1.54) is 25.7 Å². The second kappa shape index (κ2) is 7.08. The molecule has 0 atom stereocenters. The fraction of sp³-hybridized carbons (Fsp3) is 0.789. The number of piperazine rings is 1. The highest BCUT2D eigenvalue weighted by Gasteiger charge is 2.48. The zero-order chi connectivity index (χ0) is 17.3. The summed E-state index contributed by atoms with van der Waals surface area (Å²) in [6, 6.07) is 0. The molecule has 0 unspecified atom stereocenters. The Kier molecular flexibility index (Phi) is 4.82. The molecule has 0 aromatic carbocycles. The Morgan fingerprint density at radius 1 is 1.04 bits per heavy atom. The topological polar surface area (TPSA) is 44.6 Å². The molecule has 1 aliphatic carbocycles. The molecule has 1 saturated carbocycles. The van der Waals surface area contributed by atoms with Crippen LogP contribution in [0, 0.1) is 0 Å². The van der Waals surface area contributed by atoms with Gasteiger partial charge in [0.05, 0.1) is 6.54 Å². The number of amides is 1. The molecule has 1 amide bonds. The first-order valence-corrected chi connectivity index (χ1v) is 9.92. The fourth-order valence-corrected chi connectivity index (χ4v) is 4.92. The van der Waals surface area contributed by atoms with E-state index in [0.717, 1.165) is 64.5 Å². The highest BCUT2D eigenvalue weighted by atomic mass is 16.2. The van der Waals surface area contributed by atoms with Gasteiger partial charge in [-0.05, 0) is 38.8 Å². The number of hydrogen-bond donors (Lipinski definition) is 0. The molecule has 0 spiro atoms. The van der Waals surface area contributed by atoms with E-state index >= 15 is 0 Å². The van der Waals surface area contributed by atoms with Crippen LogP contribution in [0.2, 0.25) is 0 Å². The second-order valence-corrected chi connectivity index (χ2v) is 7.96. The zero-order valence-corrected chi connectivity index (χ0v) is 15.5. The van der Waals surface area contributed by atoms with Crippen molar-refractivity contribution in [2.75, 3.05) is 39.3 Å². The van der Waals surface area contributed by atoms with Crippen LogP contribution < -0.4 is 0 Å². The largest absolute Gasteiger partial charge is 0.339 e. The van der Waals surface area contributed by atoms with E-state index in [1.807, 2.05) is 19.4 Å². The molecule has 3 fully saturated rings. The highest BCUT2D eigenvalue weighted by Crippen LogP contribution is 2.39. The zero-order valence-electron chi connectivity index (χ0n) is 15.5. The standard InChI is InChI=1S/C19H31N5O/c1-21-11-8-20-17(21)16-22-12-14-23(15-13-22)18(25)19(6-2-3-7-19)24-9-4-5-10-24/h8,11H,2-7,9-10,12-16H2,1H3. The quantitative estimate of drug-likeness (QED) is 0.829. The summed E-state index contributed by atoms with van der Waals surface area (Å²) in [6.07, 6.45) is 10.9. The molecular weight excluding hydrogens is 314 g/mol. The van der Waals surface area contributed by atoms with Crippen LogP contribution >= 0.6 is 0 Å². The van der Waals surface area contributed by atoms with Crippen LogP contribution in [0.1, 0.15) is 44.3 Å². The lowest BCUT2D eigenvalue weighted by molar-refractivity contribution is -0.146. The maximum absolute atomic E-state index is 13.4. The number of likely N-dealkylation sites (tertiary alicyclic amines) is 1. The number of carbonyl (C=O) groups is 1. The predicted molar refractivity (Wildman–Crippen MR) is 97.1 cm³/mol. The average molecular weight is 345 g/mol. The van der Waals surface area contributed by atoms with Gasteiger partial charge >= 0.3 is 0 Å². The normalized spacial score (nSPS) is 24.9. The van der Waals surface area contributed by atoms with E-state index in [2.05, 4.69) is 24.3 Å². The molecule has 6 heteroatoms. The third-order valence-corrected chi connectivity index (χ3v) is 6.49. The van der Waals surface area contributed by atoms with Crippen LogP contribution in [-0.2, 0) is 18.4 Å². The fourth-order valence-electron chi connectivity index (χ4n) is 4.92. The van der Waals surface area contributed by atoms with Crippen molar-refractivity contribution >= 4 is 5.91 Å². The van der Waals surface area contributed by atoms with E-state index < -0.39 is 0 Å². The van der Waals surface area contributed by atoms with Crippen LogP contribution in [0.15, 0.2) is 12.4 Å². The number of carbonyl (C=O) groups excluding carboxylic acids is 1.